The van der Waals surface area contributed by atoms with Gasteiger partial charge < -0.3 is 10.2 Å². The number of aliphatic hydroxyl groups is 1. The van der Waals surface area contributed by atoms with Crippen LogP contribution in [0.3, 0.4) is 0 Å². The lowest BCUT2D eigenvalue weighted by Gasteiger charge is -2.21. The van der Waals surface area contributed by atoms with Crippen LogP contribution < -0.4 is 0 Å². The first-order chi connectivity index (χ1) is 11.1. The first-order valence-electron chi connectivity index (χ1n) is 7.22. The van der Waals surface area contributed by atoms with Crippen molar-refractivity contribution in [3.05, 3.63) is 72.1 Å². The number of aliphatic hydroxyl groups excluding tert-OH is 1. The zero-order chi connectivity index (χ0) is 16.4. The normalized spacial score (nSPS) is 14.6. The van der Waals surface area contributed by atoms with Crippen molar-refractivity contribution in [2.75, 3.05) is 6.54 Å². The Labute approximate surface area is 133 Å². The number of nitrogens with zero attached hydrogens (tertiary/aromatic N) is 2. The number of carboxylic acid groups (broad SMARTS) is 1. The third-order valence-corrected chi connectivity index (χ3v) is 3.79. The fourth-order valence-corrected chi connectivity index (χ4v) is 2.59. The third kappa shape index (κ3) is 2.94. The summed E-state index contributed by atoms with van der Waals surface area (Å²) in [5.41, 5.74) is 0.939. The predicted octanol–water partition coefficient (Wildman–Crippen LogP) is 3.09. The predicted molar refractivity (Wildman–Crippen MR) is 89.3 cm³/mol. The molecule has 23 heavy (non-hydrogen) atoms. The van der Waals surface area contributed by atoms with Crippen LogP contribution in [0.25, 0.3) is 10.8 Å². The zero-order valence-corrected chi connectivity index (χ0v) is 12.4. The summed E-state index contributed by atoms with van der Waals surface area (Å²) in [7, 11) is 0. The Bertz CT molecular complexity index is 847. The molecule has 0 radical (unpaired) electrons. The monoisotopic (exact) mass is 308 g/mol. The Kier molecular flexibility index (Phi) is 3.85. The maximum absolute atomic E-state index is 11.1. The highest BCUT2D eigenvalue weighted by Gasteiger charge is 2.23. The van der Waals surface area contributed by atoms with Gasteiger partial charge in [-0.3, -0.25) is 5.01 Å². The summed E-state index contributed by atoms with van der Waals surface area (Å²) in [6.45, 7) is 4.00. The lowest BCUT2D eigenvalue weighted by atomic mass is 10.0. The minimum Gasteiger partial charge on any atom is -0.506 e. The van der Waals surface area contributed by atoms with E-state index < -0.39 is 5.97 Å². The number of rotatable bonds is 4. The van der Waals surface area contributed by atoms with E-state index in [9.17, 15) is 9.90 Å². The van der Waals surface area contributed by atoms with Crippen LogP contribution in [-0.2, 0) is 11.2 Å². The Morgan fingerprint density at radius 3 is 2.70 bits per heavy atom. The molecule has 0 unspecified atom stereocenters. The van der Waals surface area contributed by atoms with Crippen molar-refractivity contribution in [2.24, 2.45) is 5.10 Å². The summed E-state index contributed by atoms with van der Waals surface area (Å²) < 4.78 is 0. The van der Waals surface area contributed by atoms with E-state index in [4.69, 9.17) is 5.11 Å². The topological polar surface area (TPSA) is 73.1 Å². The average molecular weight is 308 g/mol. The van der Waals surface area contributed by atoms with Gasteiger partial charge in [0.05, 0.1) is 6.20 Å². The molecule has 0 spiro atoms. The largest absolute Gasteiger partial charge is 0.506 e. The van der Waals surface area contributed by atoms with Gasteiger partial charge in [-0.05, 0) is 22.8 Å². The third-order valence-electron chi connectivity index (χ3n) is 3.79. The number of hydrogen-bond acceptors (Lipinski definition) is 4. The molecule has 1 heterocycles. The summed E-state index contributed by atoms with van der Waals surface area (Å²) in [5, 5.41) is 26.7. The van der Waals surface area contributed by atoms with Crippen molar-refractivity contribution < 1.29 is 15.0 Å². The Morgan fingerprint density at radius 2 is 1.91 bits per heavy atom. The Morgan fingerprint density at radius 1 is 1.17 bits per heavy atom. The summed E-state index contributed by atoms with van der Waals surface area (Å²) in [6.07, 6.45) is 2.08. The van der Waals surface area contributed by atoms with Crippen LogP contribution in [0.2, 0.25) is 0 Å². The van der Waals surface area contributed by atoms with Crippen molar-refractivity contribution in [3.63, 3.8) is 0 Å². The van der Waals surface area contributed by atoms with Gasteiger partial charge in [-0.1, -0.05) is 49.0 Å². The van der Waals surface area contributed by atoms with Crippen LogP contribution in [0.1, 0.15) is 5.56 Å². The van der Waals surface area contributed by atoms with E-state index in [0.29, 0.717) is 13.0 Å². The minimum atomic E-state index is -1.20. The molecule has 1 aliphatic heterocycles. The molecule has 5 nitrogen and oxygen atoms in total. The molecular weight excluding hydrogens is 292 g/mol. The maximum Gasteiger partial charge on any atom is 0.357 e. The number of benzene rings is 2. The van der Waals surface area contributed by atoms with E-state index in [1.165, 1.54) is 11.2 Å². The highest BCUT2D eigenvalue weighted by atomic mass is 16.4. The number of hydrazone groups is 1. The van der Waals surface area contributed by atoms with Gasteiger partial charge in [0.15, 0.2) is 5.71 Å². The first-order valence-corrected chi connectivity index (χ1v) is 7.22. The second kappa shape index (κ2) is 5.96. The molecule has 0 aromatic heterocycles. The van der Waals surface area contributed by atoms with Gasteiger partial charge in [0.1, 0.15) is 5.76 Å². The first kappa shape index (κ1) is 14.8. The van der Waals surface area contributed by atoms with Crippen molar-refractivity contribution in [2.45, 2.75) is 6.42 Å². The van der Waals surface area contributed by atoms with Crippen molar-refractivity contribution in [1.29, 1.82) is 0 Å². The van der Waals surface area contributed by atoms with Crippen LogP contribution in [0, 0.1) is 0 Å². The summed E-state index contributed by atoms with van der Waals surface area (Å²) in [5.74, 6) is -1.37. The number of fused-ring (bicyclic) bond motifs is 1. The number of hydrogen-bond donors (Lipinski definition) is 2. The van der Waals surface area contributed by atoms with Crippen molar-refractivity contribution >= 4 is 22.5 Å². The molecule has 2 aromatic rings. The van der Waals surface area contributed by atoms with Crippen LogP contribution in [0.4, 0.5) is 0 Å². The molecule has 1 aliphatic rings. The van der Waals surface area contributed by atoms with E-state index in [1.54, 1.807) is 0 Å². The van der Waals surface area contributed by atoms with Gasteiger partial charge >= 0.3 is 5.97 Å². The maximum atomic E-state index is 11.1. The Hall–Kier alpha value is -3.08. The summed E-state index contributed by atoms with van der Waals surface area (Å²) in [6, 6.07) is 14.2. The molecule has 0 aliphatic carbocycles. The Balaban J connectivity index is 1.82. The minimum absolute atomic E-state index is 0.0268. The molecule has 2 N–H and O–H groups in total. The highest BCUT2D eigenvalue weighted by Crippen LogP contribution is 2.21. The zero-order valence-electron chi connectivity index (χ0n) is 12.4. The number of carbonyl (C=O) groups is 1. The fraction of sp³-hybridized carbons (Fsp3) is 0.111. The average Bonchev–Trinajstić information content (AvgIpc) is 2.55. The lowest BCUT2D eigenvalue weighted by molar-refractivity contribution is -0.129. The standard InChI is InChI=1S/C18H16N2O3/c1-12-16(21)11-20(19-17(12)18(22)23)10-9-14-7-4-6-13-5-2-3-8-15(13)14/h2-8,11,21H,1,9-10H2,(H,22,23). The van der Waals surface area contributed by atoms with Gasteiger partial charge in [0.25, 0.3) is 0 Å². The molecule has 2 aromatic carbocycles. The highest BCUT2D eigenvalue weighted by molar-refractivity contribution is 6.43. The van der Waals surface area contributed by atoms with E-state index in [2.05, 4.69) is 29.9 Å². The molecule has 0 atom stereocenters. The molecule has 0 saturated heterocycles. The molecule has 0 saturated carbocycles. The van der Waals surface area contributed by atoms with Crippen molar-refractivity contribution in [3.8, 4) is 0 Å². The molecule has 0 fully saturated rings. The molecule has 116 valence electrons. The van der Waals surface area contributed by atoms with E-state index in [1.807, 2.05) is 24.3 Å². The molecule has 5 heteroatoms. The fourth-order valence-electron chi connectivity index (χ4n) is 2.59. The summed E-state index contributed by atoms with van der Waals surface area (Å²) >= 11 is 0. The van der Waals surface area contributed by atoms with E-state index in [0.717, 1.165) is 16.3 Å². The van der Waals surface area contributed by atoms with Crippen molar-refractivity contribution in [1.82, 2.24) is 5.01 Å². The van der Waals surface area contributed by atoms with E-state index >= 15 is 0 Å². The number of aliphatic carboxylic acids is 1. The van der Waals surface area contributed by atoms with Crippen LogP contribution in [-0.4, -0.2) is 33.4 Å². The van der Waals surface area contributed by atoms with Crippen LogP contribution in [0.5, 0.6) is 0 Å². The quantitative estimate of drug-likeness (QED) is 0.910. The number of carboxylic acids is 1. The second-order valence-corrected chi connectivity index (χ2v) is 5.30. The molecule has 0 bridgehead atoms. The smallest absolute Gasteiger partial charge is 0.357 e. The SMILES string of the molecule is C=C1C(O)=CN(CCc2cccc3ccccc23)N=C1C(=O)O. The summed E-state index contributed by atoms with van der Waals surface area (Å²) in [4.78, 5) is 11.1. The second-order valence-electron chi connectivity index (χ2n) is 5.30. The van der Waals surface area contributed by atoms with E-state index in [-0.39, 0.29) is 17.0 Å². The van der Waals surface area contributed by atoms with Gasteiger partial charge in [-0.2, -0.15) is 5.10 Å². The van der Waals surface area contributed by atoms with Gasteiger partial charge in [-0.15, -0.1) is 0 Å². The van der Waals surface area contributed by atoms with Gasteiger partial charge in [0, 0.05) is 12.1 Å². The molecular formula is C18H16N2O3. The van der Waals surface area contributed by atoms with Gasteiger partial charge in [0.2, 0.25) is 0 Å². The number of allylic oxidation sites excluding steroid dienone is 1. The molecule has 3 rings (SSSR count). The van der Waals surface area contributed by atoms with Gasteiger partial charge in [-0.25, -0.2) is 4.79 Å². The molecule has 0 amide bonds. The lowest BCUT2D eigenvalue weighted by Crippen LogP contribution is -2.27. The van der Waals surface area contributed by atoms with Crippen LogP contribution >= 0.6 is 0 Å². The van der Waals surface area contributed by atoms with Crippen LogP contribution in [0.15, 0.2) is 71.7 Å².